The zero-order valence-electron chi connectivity index (χ0n) is 9.08. The third kappa shape index (κ3) is 3.51. The van der Waals surface area contributed by atoms with E-state index in [0.29, 0.717) is 19.5 Å². The molecule has 0 aliphatic rings. The predicted octanol–water partition coefficient (Wildman–Crippen LogP) is 1.13. The smallest absolute Gasteiger partial charge is 0.307 e. The molecule has 0 atom stereocenters. The molecule has 0 radical (unpaired) electrons. The van der Waals surface area contributed by atoms with Gasteiger partial charge in [0.2, 0.25) is 5.91 Å². The van der Waals surface area contributed by atoms with E-state index in [4.69, 9.17) is 0 Å². The van der Waals surface area contributed by atoms with Crippen molar-refractivity contribution < 1.29 is 4.79 Å². The lowest BCUT2D eigenvalue weighted by molar-refractivity contribution is -0.121. The number of nitrogens with zero attached hydrogens (tertiary/aromatic N) is 1. The fourth-order valence-electron chi connectivity index (χ4n) is 1.24. The Labute approximate surface area is 92.9 Å². The highest BCUT2D eigenvalue weighted by atomic mass is 32.1. The second-order valence-electron chi connectivity index (χ2n) is 3.39. The van der Waals surface area contributed by atoms with E-state index < -0.39 is 0 Å². The minimum Gasteiger partial charge on any atom is -0.356 e. The molecule has 1 heterocycles. The highest BCUT2D eigenvalue weighted by molar-refractivity contribution is 7.07. The van der Waals surface area contributed by atoms with Gasteiger partial charge in [-0.1, -0.05) is 18.3 Å². The predicted molar refractivity (Wildman–Crippen MR) is 61.2 cm³/mol. The lowest BCUT2D eigenvalue weighted by atomic mass is 10.3. The Kier molecular flexibility index (Phi) is 4.55. The van der Waals surface area contributed by atoms with E-state index in [0.717, 1.165) is 12.1 Å². The fraction of sp³-hybridized carbons (Fsp3) is 0.600. The summed E-state index contributed by atoms with van der Waals surface area (Å²) in [5.74, 6) is 0.00866. The Morgan fingerprint density at radius 1 is 1.60 bits per heavy atom. The van der Waals surface area contributed by atoms with Crippen molar-refractivity contribution in [2.75, 3.05) is 6.54 Å². The van der Waals surface area contributed by atoms with E-state index in [1.165, 1.54) is 11.3 Å². The highest BCUT2D eigenvalue weighted by Crippen LogP contribution is 2.00. The molecular weight excluding hydrogens is 212 g/mol. The monoisotopic (exact) mass is 228 g/mol. The van der Waals surface area contributed by atoms with Gasteiger partial charge >= 0.3 is 4.87 Å². The van der Waals surface area contributed by atoms with Crippen molar-refractivity contribution in [2.45, 2.75) is 33.2 Å². The molecule has 0 aromatic carbocycles. The average molecular weight is 228 g/mol. The first-order valence-corrected chi connectivity index (χ1v) is 5.94. The standard InChI is InChI=1S/C10H16N2O2S/c1-3-5-11-9(13)4-6-12-8(2)7-15-10(12)14/h7H,3-6H2,1-2H3,(H,11,13). The maximum atomic E-state index is 11.3. The second-order valence-corrected chi connectivity index (χ2v) is 4.22. The minimum atomic E-state index is 0.00866. The normalized spacial score (nSPS) is 10.3. The number of hydrogen-bond donors (Lipinski definition) is 1. The quantitative estimate of drug-likeness (QED) is 0.821. The Morgan fingerprint density at radius 2 is 2.33 bits per heavy atom. The fourth-order valence-corrected chi connectivity index (χ4v) is 2.00. The van der Waals surface area contributed by atoms with Crippen LogP contribution in [0.1, 0.15) is 25.5 Å². The van der Waals surface area contributed by atoms with Gasteiger partial charge in [-0.25, -0.2) is 0 Å². The van der Waals surface area contributed by atoms with Crippen molar-refractivity contribution >= 4 is 17.2 Å². The zero-order chi connectivity index (χ0) is 11.3. The Bertz CT molecular complexity index is 381. The zero-order valence-corrected chi connectivity index (χ0v) is 9.89. The summed E-state index contributed by atoms with van der Waals surface area (Å²) in [7, 11) is 0. The molecule has 4 nitrogen and oxygen atoms in total. The van der Waals surface area contributed by atoms with E-state index in [9.17, 15) is 9.59 Å². The summed E-state index contributed by atoms with van der Waals surface area (Å²) in [6, 6.07) is 0. The molecule has 1 amide bonds. The summed E-state index contributed by atoms with van der Waals surface area (Å²) in [6.07, 6.45) is 1.31. The third-order valence-electron chi connectivity index (χ3n) is 2.11. The number of rotatable bonds is 5. The molecule has 0 unspecified atom stereocenters. The molecule has 84 valence electrons. The number of nitrogens with one attached hydrogen (secondary N) is 1. The first kappa shape index (κ1) is 12.0. The maximum Gasteiger partial charge on any atom is 0.307 e. The maximum absolute atomic E-state index is 11.3. The van der Waals surface area contributed by atoms with Crippen molar-refractivity contribution in [1.29, 1.82) is 0 Å². The van der Waals surface area contributed by atoms with Gasteiger partial charge in [0.25, 0.3) is 0 Å². The number of aryl methyl sites for hydroxylation is 1. The average Bonchev–Trinajstić information content (AvgIpc) is 2.53. The second kappa shape index (κ2) is 5.70. The molecule has 0 aliphatic carbocycles. The molecule has 1 aromatic heterocycles. The van der Waals surface area contributed by atoms with Crippen LogP contribution in [0.2, 0.25) is 0 Å². The van der Waals surface area contributed by atoms with Gasteiger partial charge in [-0.05, 0) is 13.3 Å². The van der Waals surface area contributed by atoms with E-state index >= 15 is 0 Å². The molecule has 0 bridgehead atoms. The topological polar surface area (TPSA) is 51.1 Å². The van der Waals surface area contributed by atoms with Gasteiger partial charge in [0.05, 0.1) is 0 Å². The Balaban J connectivity index is 2.44. The van der Waals surface area contributed by atoms with Crippen molar-refractivity contribution in [2.24, 2.45) is 0 Å². The van der Waals surface area contributed by atoms with Gasteiger partial charge in [0, 0.05) is 30.6 Å². The molecule has 1 rings (SSSR count). The minimum absolute atomic E-state index is 0.00866. The third-order valence-corrected chi connectivity index (χ3v) is 2.99. The summed E-state index contributed by atoms with van der Waals surface area (Å²) in [5, 5.41) is 4.59. The lowest BCUT2D eigenvalue weighted by Gasteiger charge is -2.05. The van der Waals surface area contributed by atoms with Gasteiger partial charge in [-0.2, -0.15) is 0 Å². The number of hydrogen-bond acceptors (Lipinski definition) is 3. The van der Waals surface area contributed by atoms with Crippen LogP contribution in [-0.4, -0.2) is 17.0 Å². The van der Waals surface area contributed by atoms with Crippen molar-refractivity contribution in [1.82, 2.24) is 9.88 Å². The van der Waals surface area contributed by atoms with E-state index in [1.807, 2.05) is 19.2 Å². The van der Waals surface area contributed by atoms with Crippen LogP contribution in [0, 0.1) is 6.92 Å². The molecule has 1 N–H and O–H groups in total. The van der Waals surface area contributed by atoms with Crippen LogP contribution in [0.25, 0.3) is 0 Å². The summed E-state index contributed by atoms with van der Waals surface area (Å²) < 4.78 is 1.64. The summed E-state index contributed by atoms with van der Waals surface area (Å²) in [5.41, 5.74) is 0.924. The SMILES string of the molecule is CCCNC(=O)CCn1c(C)csc1=O. The molecule has 0 saturated carbocycles. The number of amides is 1. The first-order valence-electron chi connectivity index (χ1n) is 5.06. The number of carbonyl (C=O) groups excluding carboxylic acids is 1. The Hall–Kier alpha value is -1.10. The molecule has 5 heteroatoms. The molecular formula is C10H16N2O2S. The number of thiazole rings is 1. The molecule has 0 spiro atoms. The molecule has 0 saturated heterocycles. The number of aromatic nitrogens is 1. The molecule has 0 aliphatic heterocycles. The van der Waals surface area contributed by atoms with Crippen LogP contribution >= 0.6 is 11.3 Å². The van der Waals surface area contributed by atoms with Crippen molar-refractivity contribution in [3.05, 3.63) is 20.7 Å². The van der Waals surface area contributed by atoms with E-state index in [-0.39, 0.29) is 10.8 Å². The van der Waals surface area contributed by atoms with E-state index in [2.05, 4.69) is 5.32 Å². The van der Waals surface area contributed by atoms with Gasteiger partial charge in [-0.15, -0.1) is 0 Å². The lowest BCUT2D eigenvalue weighted by Crippen LogP contribution is -2.26. The molecule has 15 heavy (non-hydrogen) atoms. The van der Waals surface area contributed by atoms with Gasteiger partial charge in [0.1, 0.15) is 0 Å². The van der Waals surface area contributed by atoms with Gasteiger partial charge in [-0.3, -0.25) is 9.59 Å². The summed E-state index contributed by atoms with van der Waals surface area (Å²) >= 11 is 1.18. The van der Waals surface area contributed by atoms with E-state index in [1.54, 1.807) is 4.57 Å². The van der Waals surface area contributed by atoms with Crippen molar-refractivity contribution in [3.8, 4) is 0 Å². The van der Waals surface area contributed by atoms with Crippen LogP contribution in [0.4, 0.5) is 0 Å². The Morgan fingerprint density at radius 3 is 2.87 bits per heavy atom. The van der Waals surface area contributed by atoms with Gasteiger partial charge < -0.3 is 9.88 Å². The molecule has 0 fully saturated rings. The highest BCUT2D eigenvalue weighted by Gasteiger charge is 2.05. The molecule has 1 aromatic rings. The van der Waals surface area contributed by atoms with Crippen LogP contribution in [-0.2, 0) is 11.3 Å². The van der Waals surface area contributed by atoms with Crippen LogP contribution < -0.4 is 10.2 Å². The van der Waals surface area contributed by atoms with Crippen molar-refractivity contribution in [3.63, 3.8) is 0 Å². The van der Waals surface area contributed by atoms with Crippen LogP contribution in [0.15, 0.2) is 10.2 Å². The van der Waals surface area contributed by atoms with Gasteiger partial charge in [0.15, 0.2) is 0 Å². The first-order chi connectivity index (χ1) is 7.15. The largest absolute Gasteiger partial charge is 0.356 e. The van der Waals surface area contributed by atoms with Crippen LogP contribution in [0.3, 0.4) is 0 Å². The summed E-state index contributed by atoms with van der Waals surface area (Å²) in [4.78, 5) is 22.6. The van der Waals surface area contributed by atoms with Crippen LogP contribution in [0.5, 0.6) is 0 Å². The number of carbonyl (C=O) groups is 1. The summed E-state index contributed by atoms with van der Waals surface area (Å²) in [6.45, 7) is 5.07.